The molecule has 0 spiro atoms. The van der Waals surface area contributed by atoms with Crippen LogP contribution in [0, 0.1) is 12.9 Å². The van der Waals surface area contributed by atoms with Crippen molar-refractivity contribution in [3.8, 4) is 11.8 Å². The number of hydrogen-bond donors (Lipinski definition) is 1. The molecule has 0 radical (unpaired) electrons. The van der Waals surface area contributed by atoms with Gasteiger partial charge in [-0.25, -0.2) is 26.8 Å². The van der Waals surface area contributed by atoms with Crippen molar-refractivity contribution in [2.45, 2.75) is 23.0 Å². The van der Waals surface area contributed by atoms with Crippen LogP contribution in [0.15, 0.2) is 40.4 Å². The van der Waals surface area contributed by atoms with E-state index in [0.29, 0.717) is 6.20 Å². The molecular formula is C19H15F4N5O6S2. The summed E-state index contributed by atoms with van der Waals surface area (Å²) in [5.74, 6) is -4.68. The molecule has 11 nitrogen and oxygen atoms in total. The summed E-state index contributed by atoms with van der Waals surface area (Å²) in [6.45, 7) is 0.890. The Morgan fingerprint density at radius 2 is 1.69 bits per heavy atom. The third-order valence-corrected chi connectivity index (χ3v) is 6.52. The first-order valence-electron chi connectivity index (χ1n) is 9.45. The molecule has 36 heavy (non-hydrogen) atoms. The van der Waals surface area contributed by atoms with Gasteiger partial charge in [-0.05, 0) is 30.7 Å². The Kier molecular flexibility index (Phi) is 7.00. The van der Waals surface area contributed by atoms with Crippen LogP contribution >= 0.6 is 0 Å². The summed E-state index contributed by atoms with van der Waals surface area (Å²) in [4.78, 5) is 19.4. The van der Waals surface area contributed by atoms with Gasteiger partial charge in [-0.15, -0.1) is 10.2 Å². The standard InChI is InChI=1S/C19H15F4N5O6S2/c1-9-13(16(29)25-10-5-4-6-11(7-10)35(2,30)31)17(28-27-14(9)19(21,22)23)34-18-15(20)26-12(8-24-18)36(3,32)33/h4-8H,1-3H3,(H,25,29). The molecule has 1 N–H and O–H groups in total. The quantitative estimate of drug-likeness (QED) is 0.453. The van der Waals surface area contributed by atoms with Crippen molar-refractivity contribution in [2.75, 3.05) is 17.8 Å². The number of rotatable bonds is 6. The van der Waals surface area contributed by atoms with Gasteiger partial charge in [0.2, 0.25) is 0 Å². The second-order valence-corrected chi connectivity index (χ2v) is 11.3. The molecule has 0 saturated carbocycles. The van der Waals surface area contributed by atoms with Gasteiger partial charge in [0.05, 0.1) is 11.1 Å². The molecule has 17 heteroatoms. The summed E-state index contributed by atoms with van der Waals surface area (Å²) in [6.07, 6.45) is -2.74. The van der Waals surface area contributed by atoms with E-state index in [-0.39, 0.29) is 10.6 Å². The van der Waals surface area contributed by atoms with Crippen molar-refractivity contribution in [3.63, 3.8) is 0 Å². The van der Waals surface area contributed by atoms with Crippen molar-refractivity contribution in [1.82, 2.24) is 20.2 Å². The van der Waals surface area contributed by atoms with Crippen molar-refractivity contribution < 1.29 is 43.9 Å². The second-order valence-electron chi connectivity index (χ2n) is 7.28. The van der Waals surface area contributed by atoms with Crippen molar-refractivity contribution in [3.05, 3.63) is 53.2 Å². The number of anilines is 1. The summed E-state index contributed by atoms with van der Waals surface area (Å²) in [5.41, 5.74) is -3.20. The van der Waals surface area contributed by atoms with Gasteiger partial charge in [0.25, 0.3) is 23.6 Å². The van der Waals surface area contributed by atoms with Crippen LogP contribution < -0.4 is 10.1 Å². The molecule has 3 aromatic rings. The number of benzene rings is 1. The number of hydrogen-bond acceptors (Lipinski definition) is 10. The molecule has 1 amide bonds. The van der Waals surface area contributed by atoms with Gasteiger partial charge in [0.15, 0.2) is 30.4 Å². The van der Waals surface area contributed by atoms with E-state index in [9.17, 15) is 39.2 Å². The van der Waals surface area contributed by atoms with E-state index in [1.165, 1.54) is 18.2 Å². The number of alkyl halides is 3. The number of halogens is 4. The van der Waals surface area contributed by atoms with Gasteiger partial charge in [0, 0.05) is 18.2 Å². The van der Waals surface area contributed by atoms with Gasteiger partial charge in [0.1, 0.15) is 5.56 Å². The predicted molar refractivity (Wildman–Crippen MR) is 114 cm³/mol. The first-order chi connectivity index (χ1) is 16.5. The normalized spacial score (nSPS) is 12.3. The number of nitrogens with one attached hydrogen (secondary N) is 1. The van der Waals surface area contributed by atoms with Crippen LogP contribution in [0.4, 0.5) is 23.2 Å². The Labute approximate surface area is 201 Å². The Morgan fingerprint density at radius 3 is 2.25 bits per heavy atom. The van der Waals surface area contributed by atoms with E-state index in [1.54, 1.807) is 0 Å². The van der Waals surface area contributed by atoms with Crippen molar-refractivity contribution in [2.24, 2.45) is 0 Å². The molecule has 0 unspecified atom stereocenters. The summed E-state index contributed by atoms with van der Waals surface area (Å²) in [6, 6.07) is 4.87. The van der Waals surface area contributed by atoms with Crippen LogP contribution in [0.1, 0.15) is 21.6 Å². The average molecular weight is 549 g/mol. The van der Waals surface area contributed by atoms with Crippen molar-refractivity contribution >= 4 is 31.3 Å². The fourth-order valence-corrected chi connectivity index (χ4v) is 3.94. The molecule has 2 aromatic heterocycles. The zero-order valence-electron chi connectivity index (χ0n) is 18.5. The lowest BCUT2D eigenvalue weighted by molar-refractivity contribution is -0.142. The van der Waals surface area contributed by atoms with Crippen LogP contribution in [-0.4, -0.2) is 55.4 Å². The molecule has 0 bridgehead atoms. The maximum absolute atomic E-state index is 14.3. The number of aromatic nitrogens is 4. The van der Waals surface area contributed by atoms with E-state index < -0.39 is 71.3 Å². The number of sulfone groups is 2. The molecule has 3 rings (SSSR count). The highest BCUT2D eigenvalue weighted by Crippen LogP contribution is 2.35. The van der Waals surface area contributed by atoms with Crippen LogP contribution in [0.2, 0.25) is 0 Å². The minimum Gasteiger partial charge on any atom is -0.414 e. The first kappa shape index (κ1) is 26.9. The van der Waals surface area contributed by atoms with Gasteiger partial charge in [-0.1, -0.05) is 6.07 Å². The molecule has 0 saturated heterocycles. The largest absolute Gasteiger partial charge is 0.435 e. The fourth-order valence-electron chi connectivity index (χ4n) is 2.78. The van der Waals surface area contributed by atoms with Crippen LogP contribution in [0.5, 0.6) is 11.8 Å². The van der Waals surface area contributed by atoms with Crippen LogP contribution in [0.3, 0.4) is 0 Å². The Balaban J connectivity index is 2.09. The third-order valence-electron chi connectivity index (χ3n) is 4.45. The van der Waals surface area contributed by atoms with Crippen molar-refractivity contribution in [1.29, 1.82) is 0 Å². The van der Waals surface area contributed by atoms with Crippen LogP contribution in [-0.2, 0) is 25.9 Å². The van der Waals surface area contributed by atoms with E-state index in [2.05, 4.69) is 25.5 Å². The third kappa shape index (κ3) is 5.91. The van der Waals surface area contributed by atoms with E-state index in [0.717, 1.165) is 25.5 Å². The maximum atomic E-state index is 14.3. The topological polar surface area (TPSA) is 158 Å². The highest BCUT2D eigenvalue weighted by atomic mass is 32.2. The average Bonchev–Trinajstić information content (AvgIpc) is 2.73. The maximum Gasteiger partial charge on any atom is 0.435 e. The fraction of sp³-hybridized carbons (Fsp3) is 0.211. The smallest absolute Gasteiger partial charge is 0.414 e. The predicted octanol–water partition coefficient (Wildman–Crippen LogP) is 2.58. The molecule has 0 fully saturated rings. The lowest BCUT2D eigenvalue weighted by atomic mass is 10.1. The zero-order chi connectivity index (χ0) is 27.1. The highest BCUT2D eigenvalue weighted by molar-refractivity contribution is 7.91. The molecule has 0 atom stereocenters. The van der Waals surface area contributed by atoms with Gasteiger partial charge < -0.3 is 10.1 Å². The number of amides is 1. The van der Waals surface area contributed by atoms with Gasteiger partial charge in [-0.3, -0.25) is 4.79 Å². The van der Waals surface area contributed by atoms with Gasteiger partial charge in [-0.2, -0.15) is 17.6 Å². The molecule has 1 aromatic carbocycles. The zero-order valence-corrected chi connectivity index (χ0v) is 20.1. The summed E-state index contributed by atoms with van der Waals surface area (Å²) in [7, 11) is -7.62. The number of ether oxygens (including phenoxy) is 1. The number of carbonyl (C=O) groups is 1. The van der Waals surface area contributed by atoms with E-state index in [1.807, 2.05) is 0 Å². The number of carbonyl (C=O) groups excluding carboxylic acids is 1. The van der Waals surface area contributed by atoms with E-state index in [4.69, 9.17) is 4.74 Å². The minimum absolute atomic E-state index is 0.0953. The molecule has 192 valence electrons. The Hall–Kier alpha value is -3.73. The summed E-state index contributed by atoms with van der Waals surface area (Å²) >= 11 is 0. The SMILES string of the molecule is Cc1c(C(F)(F)F)nnc(Oc2ncc(S(C)(=O)=O)nc2F)c1C(=O)Nc1cccc(S(C)(=O)=O)c1. The van der Waals surface area contributed by atoms with Crippen LogP contribution in [0.25, 0.3) is 0 Å². The summed E-state index contributed by atoms with van der Waals surface area (Å²) in [5, 5.41) is 7.72. The summed E-state index contributed by atoms with van der Waals surface area (Å²) < 4.78 is 106. The first-order valence-corrected chi connectivity index (χ1v) is 13.2. The Morgan fingerprint density at radius 1 is 1.03 bits per heavy atom. The molecule has 2 heterocycles. The van der Waals surface area contributed by atoms with Gasteiger partial charge >= 0.3 is 6.18 Å². The molecular weight excluding hydrogens is 534 g/mol. The molecule has 0 aliphatic rings. The second kappa shape index (κ2) is 9.38. The molecule has 0 aliphatic carbocycles. The minimum atomic E-state index is -5.02. The molecule has 0 aliphatic heterocycles. The lowest BCUT2D eigenvalue weighted by Crippen LogP contribution is -2.21. The Bertz CT molecular complexity index is 1580. The van der Waals surface area contributed by atoms with E-state index >= 15 is 0 Å². The number of nitrogens with zero attached hydrogens (tertiary/aromatic N) is 4. The monoisotopic (exact) mass is 549 g/mol. The highest BCUT2D eigenvalue weighted by Gasteiger charge is 2.38. The lowest BCUT2D eigenvalue weighted by Gasteiger charge is -2.16.